The van der Waals surface area contributed by atoms with Gasteiger partial charge in [0.25, 0.3) is 11.8 Å². The van der Waals surface area contributed by atoms with E-state index in [2.05, 4.69) is 5.16 Å². The molecule has 2 aromatic rings. The van der Waals surface area contributed by atoms with Crippen molar-refractivity contribution >= 4 is 23.5 Å². The average Bonchev–Trinajstić information content (AvgIpc) is 3.07. The van der Waals surface area contributed by atoms with E-state index in [1.807, 2.05) is 6.07 Å². The summed E-state index contributed by atoms with van der Waals surface area (Å²) in [7, 11) is 0. The van der Waals surface area contributed by atoms with Gasteiger partial charge in [-0.05, 0) is 25.5 Å². The molecule has 0 radical (unpaired) electrons. The minimum atomic E-state index is -0.679. The molecule has 1 atom stereocenters. The number of hydrogen-bond acceptors (Lipinski definition) is 5. The zero-order chi connectivity index (χ0) is 18.3. The lowest BCUT2D eigenvalue weighted by Gasteiger charge is -2.22. The molecular formula is C18H18N4O4. The predicted octanol–water partition coefficient (Wildman–Crippen LogP) is 1.67. The van der Waals surface area contributed by atoms with E-state index >= 15 is 0 Å². The molecule has 2 aliphatic rings. The topological polar surface area (TPSA) is 87.0 Å². The molecular weight excluding hydrogens is 336 g/mol. The molecule has 134 valence electrons. The summed E-state index contributed by atoms with van der Waals surface area (Å²) in [4.78, 5) is 42.6. The second-order valence-electron chi connectivity index (χ2n) is 6.43. The number of benzene rings is 1. The van der Waals surface area contributed by atoms with E-state index in [9.17, 15) is 14.4 Å². The number of anilines is 1. The summed E-state index contributed by atoms with van der Waals surface area (Å²) in [5, 5.41) is 3.76. The highest BCUT2D eigenvalue weighted by atomic mass is 16.5. The monoisotopic (exact) mass is 354 g/mol. The van der Waals surface area contributed by atoms with Gasteiger partial charge in [-0.1, -0.05) is 23.4 Å². The maximum Gasteiger partial charge on any atom is 0.332 e. The van der Waals surface area contributed by atoms with Crippen molar-refractivity contribution in [3.63, 3.8) is 0 Å². The highest BCUT2D eigenvalue weighted by molar-refractivity contribution is 6.21. The first-order chi connectivity index (χ1) is 12.6. The molecule has 3 heterocycles. The Morgan fingerprint density at radius 3 is 2.65 bits per heavy atom. The lowest BCUT2D eigenvalue weighted by atomic mass is 10.2. The first-order valence-electron chi connectivity index (χ1n) is 8.48. The third-order valence-electron chi connectivity index (χ3n) is 4.69. The first kappa shape index (κ1) is 16.3. The van der Waals surface area contributed by atoms with E-state index in [0.717, 1.165) is 0 Å². The van der Waals surface area contributed by atoms with Gasteiger partial charge in [-0.3, -0.25) is 9.59 Å². The SMILES string of the molecule is Cc1cc(C(=O)N2CCCN3C(=O)N(c4ccccc4)C(=O)C3C2)no1. The van der Waals surface area contributed by atoms with Crippen molar-refractivity contribution in [2.45, 2.75) is 19.4 Å². The van der Waals surface area contributed by atoms with Gasteiger partial charge in [-0.2, -0.15) is 0 Å². The highest BCUT2D eigenvalue weighted by Crippen LogP contribution is 2.27. The van der Waals surface area contributed by atoms with Gasteiger partial charge in [0, 0.05) is 19.2 Å². The Bertz CT molecular complexity index is 863. The van der Waals surface area contributed by atoms with Crippen LogP contribution in [-0.4, -0.2) is 58.5 Å². The summed E-state index contributed by atoms with van der Waals surface area (Å²) in [6.45, 7) is 2.76. The normalized spacial score (nSPS) is 20.3. The molecule has 4 rings (SSSR count). The van der Waals surface area contributed by atoms with E-state index in [1.54, 1.807) is 47.1 Å². The van der Waals surface area contributed by atoms with Crippen LogP contribution in [0.3, 0.4) is 0 Å². The number of carbonyl (C=O) groups excluding carboxylic acids is 3. The van der Waals surface area contributed by atoms with E-state index in [4.69, 9.17) is 4.52 Å². The Morgan fingerprint density at radius 1 is 1.19 bits per heavy atom. The smallest absolute Gasteiger partial charge is 0.332 e. The Kier molecular flexibility index (Phi) is 3.95. The number of para-hydroxylation sites is 1. The molecule has 2 saturated heterocycles. The predicted molar refractivity (Wildman–Crippen MR) is 91.6 cm³/mol. The molecule has 0 bridgehead atoms. The third kappa shape index (κ3) is 2.63. The lowest BCUT2D eigenvalue weighted by molar-refractivity contribution is -0.119. The van der Waals surface area contributed by atoms with Gasteiger partial charge in [0.2, 0.25) is 0 Å². The van der Waals surface area contributed by atoms with Crippen LogP contribution in [0.2, 0.25) is 0 Å². The van der Waals surface area contributed by atoms with Crippen molar-refractivity contribution in [2.24, 2.45) is 0 Å². The van der Waals surface area contributed by atoms with Crippen molar-refractivity contribution in [1.82, 2.24) is 15.0 Å². The van der Waals surface area contributed by atoms with Gasteiger partial charge >= 0.3 is 6.03 Å². The number of urea groups is 1. The molecule has 8 nitrogen and oxygen atoms in total. The summed E-state index contributed by atoms with van der Waals surface area (Å²) in [6, 6.07) is 9.40. The zero-order valence-corrected chi connectivity index (χ0v) is 14.3. The van der Waals surface area contributed by atoms with Crippen LogP contribution in [0.15, 0.2) is 40.9 Å². The van der Waals surface area contributed by atoms with E-state index < -0.39 is 6.04 Å². The van der Waals surface area contributed by atoms with Crippen molar-refractivity contribution in [3.05, 3.63) is 47.9 Å². The number of aromatic nitrogens is 1. The van der Waals surface area contributed by atoms with Gasteiger partial charge in [-0.15, -0.1) is 0 Å². The largest absolute Gasteiger partial charge is 0.361 e. The van der Waals surface area contributed by atoms with Crippen LogP contribution >= 0.6 is 0 Å². The van der Waals surface area contributed by atoms with Crippen molar-refractivity contribution in [1.29, 1.82) is 0 Å². The minimum absolute atomic E-state index is 0.151. The summed E-state index contributed by atoms with van der Waals surface area (Å²) in [5.74, 6) is -0.0495. The summed E-state index contributed by atoms with van der Waals surface area (Å²) in [6.07, 6.45) is 0.598. The van der Waals surface area contributed by atoms with Gasteiger partial charge in [-0.25, -0.2) is 9.69 Å². The Morgan fingerprint density at radius 2 is 1.96 bits per heavy atom. The third-order valence-corrected chi connectivity index (χ3v) is 4.69. The van der Waals surface area contributed by atoms with Crippen molar-refractivity contribution in [3.8, 4) is 0 Å². The molecule has 4 amide bonds. The first-order valence-corrected chi connectivity index (χ1v) is 8.48. The summed E-state index contributed by atoms with van der Waals surface area (Å²) >= 11 is 0. The molecule has 0 saturated carbocycles. The molecule has 0 spiro atoms. The molecule has 26 heavy (non-hydrogen) atoms. The second kappa shape index (κ2) is 6.29. The van der Waals surface area contributed by atoms with E-state index in [0.29, 0.717) is 31.0 Å². The maximum atomic E-state index is 12.9. The van der Waals surface area contributed by atoms with Crippen LogP contribution < -0.4 is 4.90 Å². The highest BCUT2D eigenvalue weighted by Gasteiger charge is 2.47. The van der Waals surface area contributed by atoms with Crippen LogP contribution in [0.1, 0.15) is 22.7 Å². The van der Waals surface area contributed by atoms with Gasteiger partial charge in [0.1, 0.15) is 11.8 Å². The molecule has 2 aliphatic heterocycles. The van der Waals surface area contributed by atoms with Crippen molar-refractivity contribution in [2.75, 3.05) is 24.5 Å². The van der Waals surface area contributed by atoms with Crippen molar-refractivity contribution < 1.29 is 18.9 Å². The number of aryl methyl sites for hydroxylation is 1. The standard InChI is InChI=1S/C18H18N4O4/c1-12-10-14(19-26-12)16(23)20-8-5-9-21-15(11-20)17(24)22(18(21)25)13-6-3-2-4-7-13/h2-4,6-7,10,15H,5,8-9,11H2,1H3. The number of rotatable bonds is 2. The number of hydrogen-bond donors (Lipinski definition) is 0. The van der Waals surface area contributed by atoms with Crippen LogP contribution in [-0.2, 0) is 4.79 Å². The molecule has 0 aliphatic carbocycles. The Hall–Kier alpha value is -3.16. The molecule has 8 heteroatoms. The second-order valence-corrected chi connectivity index (χ2v) is 6.43. The van der Waals surface area contributed by atoms with Crippen LogP contribution in [0.5, 0.6) is 0 Å². The summed E-state index contributed by atoms with van der Waals surface area (Å²) < 4.78 is 4.97. The van der Waals surface area contributed by atoms with E-state index in [-0.39, 0.29) is 30.1 Å². The van der Waals surface area contributed by atoms with Crippen LogP contribution in [0.4, 0.5) is 10.5 Å². The number of amides is 4. The fraction of sp³-hybridized carbons (Fsp3) is 0.333. The molecule has 1 aromatic heterocycles. The summed E-state index contributed by atoms with van der Waals surface area (Å²) in [5.41, 5.74) is 0.758. The number of fused-ring (bicyclic) bond motifs is 1. The quantitative estimate of drug-likeness (QED) is 0.766. The molecule has 0 N–H and O–H groups in total. The van der Waals surface area contributed by atoms with Crippen LogP contribution in [0.25, 0.3) is 0 Å². The number of imide groups is 1. The maximum absolute atomic E-state index is 12.9. The Labute approximate surface area is 149 Å². The van der Waals surface area contributed by atoms with Gasteiger partial charge in [0.15, 0.2) is 5.69 Å². The van der Waals surface area contributed by atoms with Gasteiger partial charge < -0.3 is 14.3 Å². The number of nitrogens with zero attached hydrogens (tertiary/aromatic N) is 4. The lowest BCUT2D eigenvalue weighted by Crippen LogP contribution is -2.43. The fourth-order valence-corrected chi connectivity index (χ4v) is 3.43. The molecule has 1 unspecified atom stereocenters. The molecule has 1 aromatic carbocycles. The Balaban J connectivity index is 1.59. The zero-order valence-electron chi connectivity index (χ0n) is 14.3. The van der Waals surface area contributed by atoms with Gasteiger partial charge in [0.05, 0.1) is 12.2 Å². The number of carbonyl (C=O) groups is 3. The van der Waals surface area contributed by atoms with Crippen LogP contribution in [0, 0.1) is 6.92 Å². The average molecular weight is 354 g/mol. The fourth-order valence-electron chi connectivity index (χ4n) is 3.43. The van der Waals surface area contributed by atoms with E-state index in [1.165, 1.54) is 4.90 Å². The minimum Gasteiger partial charge on any atom is -0.361 e. The molecule has 2 fully saturated rings.